The molecule has 2 aromatic rings. The molecule has 0 atom stereocenters. The van der Waals surface area contributed by atoms with Crippen molar-refractivity contribution < 1.29 is 24.0 Å². The van der Waals surface area contributed by atoms with Crippen molar-refractivity contribution in [3.05, 3.63) is 45.3 Å². The Morgan fingerprint density at radius 3 is 2.12 bits per heavy atom. The SMILES string of the molecule is COc1cc(C(=O)N2CCN(C(=O)c3cnn4c3CCCC4)CC2)c([N+](=O)[O-])cc1OC. The number of methoxy groups -OCH3 is 2. The zero-order valence-electron chi connectivity index (χ0n) is 18.1. The van der Waals surface area contributed by atoms with E-state index in [9.17, 15) is 19.7 Å². The molecule has 0 saturated carbocycles. The molecule has 0 radical (unpaired) electrons. The molecule has 4 rings (SSSR count). The number of ether oxygens (including phenoxy) is 2. The molecule has 3 heterocycles. The number of carbonyl (C=O) groups is 2. The normalized spacial score (nSPS) is 15.8. The van der Waals surface area contributed by atoms with Crippen molar-refractivity contribution in [3.8, 4) is 11.5 Å². The molecule has 0 aliphatic carbocycles. The molecule has 0 spiro atoms. The van der Waals surface area contributed by atoms with Crippen LogP contribution < -0.4 is 9.47 Å². The quantitative estimate of drug-likeness (QED) is 0.510. The first-order chi connectivity index (χ1) is 15.4. The number of amides is 2. The zero-order chi connectivity index (χ0) is 22.8. The second kappa shape index (κ2) is 8.85. The van der Waals surface area contributed by atoms with Gasteiger partial charge in [0.25, 0.3) is 17.5 Å². The highest BCUT2D eigenvalue weighted by Crippen LogP contribution is 2.35. The molecular weight excluding hydrogens is 418 g/mol. The monoisotopic (exact) mass is 443 g/mol. The van der Waals surface area contributed by atoms with Crippen LogP contribution in [0.2, 0.25) is 0 Å². The molecule has 2 aliphatic heterocycles. The Bertz CT molecular complexity index is 1060. The van der Waals surface area contributed by atoms with E-state index in [0.29, 0.717) is 18.7 Å². The number of nitrogens with zero attached hydrogens (tertiary/aromatic N) is 5. The lowest BCUT2D eigenvalue weighted by molar-refractivity contribution is -0.385. The van der Waals surface area contributed by atoms with Gasteiger partial charge in [-0.25, -0.2) is 0 Å². The average molecular weight is 443 g/mol. The molecule has 1 saturated heterocycles. The lowest BCUT2D eigenvalue weighted by Crippen LogP contribution is -2.50. The van der Waals surface area contributed by atoms with Crippen LogP contribution in [0.3, 0.4) is 0 Å². The maximum atomic E-state index is 13.1. The number of hydrogen-bond acceptors (Lipinski definition) is 7. The van der Waals surface area contributed by atoms with Gasteiger partial charge in [0.2, 0.25) is 0 Å². The first-order valence-corrected chi connectivity index (χ1v) is 10.5. The zero-order valence-corrected chi connectivity index (χ0v) is 18.1. The molecule has 1 fully saturated rings. The summed E-state index contributed by atoms with van der Waals surface area (Å²) in [5.41, 5.74) is 1.18. The largest absolute Gasteiger partial charge is 0.493 e. The van der Waals surface area contributed by atoms with Crippen LogP contribution >= 0.6 is 0 Å². The number of nitro groups is 1. The van der Waals surface area contributed by atoms with Crippen molar-refractivity contribution >= 4 is 17.5 Å². The third kappa shape index (κ3) is 3.85. The number of hydrogen-bond donors (Lipinski definition) is 0. The van der Waals surface area contributed by atoms with Crippen molar-refractivity contribution in [2.75, 3.05) is 40.4 Å². The Morgan fingerprint density at radius 2 is 1.53 bits per heavy atom. The summed E-state index contributed by atoms with van der Waals surface area (Å²) in [6.07, 6.45) is 4.57. The number of benzene rings is 1. The second-order valence-electron chi connectivity index (χ2n) is 7.75. The molecule has 1 aromatic heterocycles. The highest BCUT2D eigenvalue weighted by Gasteiger charge is 2.32. The van der Waals surface area contributed by atoms with Gasteiger partial charge in [-0.3, -0.25) is 24.4 Å². The van der Waals surface area contributed by atoms with Crippen LogP contribution in [-0.2, 0) is 13.0 Å². The van der Waals surface area contributed by atoms with E-state index in [1.54, 1.807) is 11.1 Å². The number of aromatic nitrogens is 2. The van der Waals surface area contributed by atoms with Crippen molar-refractivity contribution in [2.24, 2.45) is 0 Å². The molecule has 0 unspecified atom stereocenters. The molecule has 2 amide bonds. The van der Waals surface area contributed by atoms with Gasteiger partial charge in [-0.2, -0.15) is 5.10 Å². The minimum atomic E-state index is -0.613. The Labute approximate surface area is 184 Å². The molecule has 0 N–H and O–H groups in total. The summed E-state index contributed by atoms with van der Waals surface area (Å²) in [4.78, 5) is 40.3. The van der Waals surface area contributed by atoms with Crippen LogP contribution in [0.5, 0.6) is 11.5 Å². The predicted octanol–water partition coefficient (Wildman–Crippen LogP) is 1.74. The molecule has 2 aliphatic rings. The molecule has 0 bridgehead atoms. The summed E-state index contributed by atoms with van der Waals surface area (Å²) in [7, 11) is 2.77. The minimum absolute atomic E-state index is 0.0712. The van der Waals surface area contributed by atoms with E-state index in [4.69, 9.17) is 9.47 Å². The smallest absolute Gasteiger partial charge is 0.286 e. The number of rotatable bonds is 5. The molecular formula is C21H25N5O6. The summed E-state index contributed by atoms with van der Waals surface area (Å²) in [5.74, 6) is -0.151. The van der Waals surface area contributed by atoms with E-state index in [2.05, 4.69) is 5.10 Å². The third-order valence-corrected chi connectivity index (χ3v) is 6.00. The van der Waals surface area contributed by atoms with Crippen molar-refractivity contribution in [1.82, 2.24) is 19.6 Å². The van der Waals surface area contributed by atoms with Crippen molar-refractivity contribution in [1.29, 1.82) is 0 Å². The van der Waals surface area contributed by atoms with Crippen LogP contribution in [0.1, 0.15) is 39.3 Å². The van der Waals surface area contributed by atoms with E-state index in [0.717, 1.165) is 31.5 Å². The van der Waals surface area contributed by atoms with E-state index in [1.165, 1.54) is 31.3 Å². The summed E-state index contributed by atoms with van der Waals surface area (Å²) in [5, 5.41) is 15.9. The first kappa shape index (κ1) is 21.6. The fourth-order valence-electron chi connectivity index (χ4n) is 4.24. The first-order valence-electron chi connectivity index (χ1n) is 10.5. The molecule has 32 heavy (non-hydrogen) atoms. The maximum absolute atomic E-state index is 13.1. The topological polar surface area (TPSA) is 120 Å². The Morgan fingerprint density at radius 1 is 0.938 bits per heavy atom. The highest BCUT2D eigenvalue weighted by atomic mass is 16.6. The van der Waals surface area contributed by atoms with Crippen molar-refractivity contribution in [2.45, 2.75) is 25.8 Å². The van der Waals surface area contributed by atoms with Crippen LogP contribution in [0.25, 0.3) is 0 Å². The molecule has 11 nitrogen and oxygen atoms in total. The highest BCUT2D eigenvalue weighted by molar-refractivity contribution is 5.99. The second-order valence-corrected chi connectivity index (χ2v) is 7.75. The predicted molar refractivity (Wildman–Crippen MR) is 113 cm³/mol. The van der Waals surface area contributed by atoms with Gasteiger partial charge in [-0.15, -0.1) is 0 Å². The minimum Gasteiger partial charge on any atom is -0.493 e. The van der Waals surface area contributed by atoms with Gasteiger partial charge in [-0.05, 0) is 19.3 Å². The van der Waals surface area contributed by atoms with Gasteiger partial charge in [-0.1, -0.05) is 0 Å². The van der Waals surface area contributed by atoms with Crippen LogP contribution in [0.15, 0.2) is 18.3 Å². The number of piperazine rings is 1. The van der Waals surface area contributed by atoms with Gasteiger partial charge in [0.1, 0.15) is 5.56 Å². The van der Waals surface area contributed by atoms with E-state index < -0.39 is 10.8 Å². The van der Waals surface area contributed by atoms with E-state index >= 15 is 0 Å². The average Bonchev–Trinajstić information content (AvgIpc) is 3.26. The lowest BCUT2D eigenvalue weighted by atomic mass is 10.1. The van der Waals surface area contributed by atoms with Gasteiger partial charge >= 0.3 is 0 Å². The maximum Gasteiger partial charge on any atom is 0.286 e. The number of aryl methyl sites for hydroxylation is 1. The van der Waals surface area contributed by atoms with E-state index in [1.807, 2.05) is 4.68 Å². The Hall–Kier alpha value is -3.63. The molecule has 11 heteroatoms. The molecule has 170 valence electrons. The number of fused-ring (bicyclic) bond motifs is 1. The van der Waals surface area contributed by atoms with Gasteiger partial charge in [0.15, 0.2) is 11.5 Å². The van der Waals surface area contributed by atoms with Crippen molar-refractivity contribution in [3.63, 3.8) is 0 Å². The van der Waals surface area contributed by atoms with Crippen LogP contribution in [-0.4, -0.2) is 76.7 Å². The van der Waals surface area contributed by atoms with Gasteiger partial charge in [0, 0.05) is 38.8 Å². The third-order valence-electron chi connectivity index (χ3n) is 6.00. The fraction of sp³-hybridized carbons (Fsp3) is 0.476. The number of carbonyl (C=O) groups excluding carboxylic acids is 2. The summed E-state index contributed by atoms with van der Waals surface area (Å²) >= 11 is 0. The van der Waals surface area contributed by atoms with Crippen LogP contribution in [0.4, 0.5) is 5.69 Å². The van der Waals surface area contributed by atoms with Gasteiger partial charge < -0.3 is 19.3 Å². The number of nitro benzene ring substituents is 1. The fourth-order valence-corrected chi connectivity index (χ4v) is 4.24. The van der Waals surface area contributed by atoms with Gasteiger partial charge in [0.05, 0.1) is 42.7 Å². The Balaban J connectivity index is 1.49. The van der Waals surface area contributed by atoms with E-state index in [-0.39, 0.29) is 41.7 Å². The Kier molecular flexibility index (Phi) is 5.97. The summed E-state index contributed by atoms with van der Waals surface area (Å²) in [6, 6.07) is 2.52. The van der Waals surface area contributed by atoms with Crippen LogP contribution in [0, 0.1) is 10.1 Å². The summed E-state index contributed by atoms with van der Waals surface area (Å²) in [6.45, 7) is 2.07. The lowest BCUT2D eigenvalue weighted by Gasteiger charge is -2.35. The standard InChI is InChI=1S/C21H25N5O6/c1-31-18-11-14(17(26(29)30)12-19(18)32-2)20(27)23-7-9-24(10-8-23)21(28)15-13-22-25-6-4-3-5-16(15)25/h11-13H,3-10H2,1-2H3. The summed E-state index contributed by atoms with van der Waals surface area (Å²) < 4.78 is 12.2. The molecule has 1 aromatic carbocycles.